The fourth-order valence-corrected chi connectivity index (χ4v) is 9.98. The van der Waals surface area contributed by atoms with Crippen LogP contribution in [0.3, 0.4) is 0 Å². The van der Waals surface area contributed by atoms with Crippen molar-refractivity contribution in [2.75, 3.05) is 92.2 Å². The number of carbonyl (C=O) groups excluding carboxylic acids is 1. The van der Waals surface area contributed by atoms with Gasteiger partial charge in [0.1, 0.15) is 30.8 Å². The van der Waals surface area contributed by atoms with Gasteiger partial charge < -0.3 is 53.3 Å². The van der Waals surface area contributed by atoms with E-state index in [4.69, 9.17) is 43.2 Å². The molecule has 2 aromatic rings. The van der Waals surface area contributed by atoms with Crippen molar-refractivity contribution in [1.29, 1.82) is 0 Å². The molecule has 0 aromatic heterocycles. The second-order valence-corrected chi connectivity index (χ2v) is 17.5. The first-order chi connectivity index (χ1) is 32.0. The lowest BCUT2D eigenvalue weighted by molar-refractivity contribution is -0.256. The summed E-state index contributed by atoms with van der Waals surface area (Å²) in [4.78, 5) is 24.9. The minimum atomic E-state index is -1.48. The van der Waals surface area contributed by atoms with Crippen LogP contribution in [0.4, 0.5) is 4.79 Å². The number of oxime groups is 1. The molecule has 2 aromatic carbocycles. The van der Waals surface area contributed by atoms with Crippen LogP contribution in [0.15, 0.2) is 78.0 Å². The van der Waals surface area contributed by atoms with Gasteiger partial charge in [0.05, 0.1) is 57.9 Å². The Hall–Kier alpha value is -4.06. The van der Waals surface area contributed by atoms with Gasteiger partial charge in [0.25, 0.3) is 0 Å². The number of aliphatic hydroxyl groups excluding tert-OH is 3. The van der Waals surface area contributed by atoms with Gasteiger partial charge in [-0.05, 0) is 79.7 Å². The maximum Gasteiger partial charge on any atom is 0.410 e. The van der Waals surface area contributed by atoms with Gasteiger partial charge in [-0.3, -0.25) is 9.80 Å². The van der Waals surface area contributed by atoms with Crippen LogP contribution in [0.25, 0.3) is 0 Å². The molecule has 65 heavy (non-hydrogen) atoms. The zero-order chi connectivity index (χ0) is 45.3. The number of unbranched alkanes of at least 4 members (excludes halogenated alkanes) is 2. The molecule has 7 unspecified atom stereocenters. The van der Waals surface area contributed by atoms with Gasteiger partial charge in [0, 0.05) is 63.7 Å². The van der Waals surface area contributed by atoms with Crippen molar-refractivity contribution in [3.05, 3.63) is 84.0 Å². The van der Waals surface area contributed by atoms with Crippen molar-refractivity contribution >= 4 is 11.8 Å². The first kappa shape index (κ1) is 48.9. The largest absolute Gasteiger partial charge is 0.492 e. The third-order valence-corrected chi connectivity index (χ3v) is 13.2. The predicted octanol–water partition coefficient (Wildman–Crippen LogP) is 6.21. The topological polar surface area (TPSA) is 170 Å². The van der Waals surface area contributed by atoms with Crippen LogP contribution in [-0.4, -0.2) is 147 Å². The van der Waals surface area contributed by atoms with Gasteiger partial charge in [-0.2, -0.15) is 0 Å². The number of allylic oxidation sites excluding steroid dienone is 1. The summed E-state index contributed by atoms with van der Waals surface area (Å²) in [6.07, 6.45) is 10.3. The molecule has 15 nitrogen and oxygen atoms in total. The number of rotatable bonds is 28. The Morgan fingerprint density at radius 2 is 1.77 bits per heavy atom. The number of ether oxygens (including phenoxy) is 7. The Labute approximate surface area is 384 Å². The average Bonchev–Trinajstić information content (AvgIpc) is 4.17. The van der Waals surface area contributed by atoms with E-state index in [1.54, 1.807) is 11.0 Å². The Balaban J connectivity index is 1.33. The van der Waals surface area contributed by atoms with Gasteiger partial charge in [-0.1, -0.05) is 60.5 Å². The fraction of sp³-hybridized carbons (Fsp3) is 0.640. The summed E-state index contributed by atoms with van der Waals surface area (Å²) in [5.74, 6) is -0.705. The lowest BCUT2D eigenvalue weighted by Crippen LogP contribution is -2.70. The molecule has 0 spiro atoms. The zero-order valence-electron chi connectivity index (χ0n) is 38.0. The number of hydrogen-bond acceptors (Lipinski definition) is 14. The molecule has 0 radical (unpaired) electrons. The van der Waals surface area contributed by atoms with E-state index in [1.165, 1.54) is 0 Å². The molecular weight excluding hydrogens is 835 g/mol. The van der Waals surface area contributed by atoms with Crippen molar-refractivity contribution in [1.82, 2.24) is 9.80 Å². The second-order valence-electron chi connectivity index (χ2n) is 17.5. The van der Waals surface area contributed by atoms with Gasteiger partial charge >= 0.3 is 6.09 Å². The van der Waals surface area contributed by atoms with Crippen LogP contribution in [0.2, 0.25) is 0 Å². The summed E-state index contributed by atoms with van der Waals surface area (Å²) in [6, 6.07) is 15.0. The van der Waals surface area contributed by atoms with Gasteiger partial charge in [0.2, 0.25) is 12.1 Å². The van der Waals surface area contributed by atoms with Crippen molar-refractivity contribution in [3.63, 3.8) is 0 Å². The van der Waals surface area contributed by atoms with E-state index in [-0.39, 0.29) is 83.6 Å². The van der Waals surface area contributed by atoms with Crippen LogP contribution in [0.5, 0.6) is 11.5 Å². The molecule has 7 atom stereocenters. The first-order valence-electron chi connectivity index (χ1n) is 23.9. The Kier molecular flexibility index (Phi) is 18.9. The lowest BCUT2D eigenvalue weighted by Gasteiger charge is -2.59. The summed E-state index contributed by atoms with van der Waals surface area (Å²) in [5, 5.41) is 34.5. The van der Waals surface area contributed by atoms with Crippen molar-refractivity contribution in [2.24, 2.45) is 22.9 Å². The Morgan fingerprint density at radius 1 is 0.938 bits per heavy atom. The SMILES string of the molecule is C=CCOC12Oc3ccc(OCCN4CC4)cc3C3C(CCCCO)C(CCCCO)C=C(C(=NOC4CCCCO4)CC1N(CCOCCO)C(=O)OCCOCc1ccccc1)C32. The van der Waals surface area contributed by atoms with Crippen LogP contribution >= 0.6 is 0 Å². The Bertz CT molecular complexity index is 1840. The molecule has 7 rings (SSSR count). The summed E-state index contributed by atoms with van der Waals surface area (Å²) in [7, 11) is 0. The molecule has 3 fully saturated rings. The molecule has 3 aliphatic heterocycles. The minimum Gasteiger partial charge on any atom is -0.492 e. The molecule has 3 heterocycles. The van der Waals surface area contributed by atoms with Crippen LogP contribution in [0, 0.1) is 17.8 Å². The number of hydrogen-bond donors (Lipinski definition) is 3. The van der Waals surface area contributed by atoms with Crippen LogP contribution in [-0.2, 0) is 35.1 Å². The van der Waals surface area contributed by atoms with Crippen molar-refractivity contribution in [3.8, 4) is 11.5 Å². The standard InChI is InChI=1S/C50H71N3O12/c1-2-26-63-50-45(53(22-28-58-30-25-56)49(57)62-32-31-59-36-37-12-4-3-5-13-37)35-43(51-65-46-16-8-11-27-61-46)41-33-38(14-6-9-23-54)40(15-7-10-24-55)47(48(41)50)42-34-39(17-18-44(42)64-50)60-29-21-52-19-20-52/h2-5,12-13,17-18,33-34,38,40,45-48,54-56H,1,6-11,14-16,19-32,35-36H2. The Morgan fingerprint density at radius 3 is 2.52 bits per heavy atom. The number of carbonyl (C=O) groups is 1. The molecule has 3 N–H and O–H groups in total. The van der Waals surface area contributed by atoms with E-state index in [2.05, 4.69) is 23.6 Å². The zero-order valence-corrected chi connectivity index (χ0v) is 38.0. The molecule has 1 amide bonds. The average molecular weight is 906 g/mol. The maximum atomic E-state index is 14.7. The van der Waals surface area contributed by atoms with Crippen LogP contribution in [0.1, 0.15) is 81.3 Å². The van der Waals surface area contributed by atoms with E-state index < -0.39 is 30.1 Å². The third kappa shape index (κ3) is 12.9. The highest BCUT2D eigenvalue weighted by atomic mass is 16.8. The van der Waals surface area contributed by atoms with Gasteiger partial charge in [-0.25, -0.2) is 4.79 Å². The number of amides is 1. The summed E-state index contributed by atoms with van der Waals surface area (Å²) < 4.78 is 44.6. The quantitative estimate of drug-likeness (QED) is 0.0382. The second kappa shape index (κ2) is 25.2. The van der Waals surface area contributed by atoms with E-state index >= 15 is 0 Å². The number of benzene rings is 2. The first-order valence-corrected chi connectivity index (χ1v) is 23.9. The highest BCUT2D eigenvalue weighted by Gasteiger charge is 2.65. The normalized spacial score (nSPS) is 26.3. The van der Waals surface area contributed by atoms with Crippen molar-refractivity contribution in [2.45, 2.75) is 94.9 Å². The van der Waals surface area contributed by atoms with Crippen molar-refractivity contribution < 1.29 is 58.1 Å². The minimum absolute atomic E-state index is 0.000139. The van der Waals surface area contributed by atoms with Gasteiger partial charge in [-0.15, -0.1) is 6.58 Å². The molecular formula is C50H71N3O12. The maximum absolute atomic E-state index is 14.7. The lowest BCUT2D eigenvalue weighted by atomic mass is 9.55. The third-order valence-electron chi connectivity index (χ3n) is 13.2. The number of nitrogens with zero attached hydrogens (tertiary/aromatic N) is 3. The summed E-state index contributed by atoms with van der Waals surface area (Å²) in [5.41, 5.74) is 3.59. The highest BCUT2D eigenvalue weighted by Crippen LogP contribution is 2.62. The highest BCUT2D eigenvalue weighted by molar-refractivity contribution is 6.03. The fourth-order valence-electron chi connectivity index (χ4n) is 9.98. The van der Waals surface area contributed by atoms with Crippen LogP contribution < -0.4 is 9.47 Å². The van der Waals surface area contributed by atoms with E-state index in [1.807, 2.05) is 42.5 Å². The molecule has 358 valence electrons. The molecule has 1 saturated carbocycles. The summed E-state index contributed by atoms with van der Waals surface area (Å²) in [6.45, 7) is 9.19. The van der Waals surface area contributed by atoms with E-state index in [9.17, 15) is 20.1 Å². The summed E-state index contributed by atoms with van der Waals surface area (Å²) >= 11 is 0. The number of aliphatic hydroxyl groups is 3. The smallest absolute Gasteiger partial charge is 0.410 e. The number of fused-ring (bicyclic) bond motifs is 2. The van der Waals surface area contributed by atoms with E-state index in [0.29, 0.717) is 50.5 Å². The van der Waals surface area contributed by atoms with Gasteiger partial charge in [0.15, 0.2) is 0 Å². The predicted molar refractivity (Wildman–Crippen MR) is 244 cm³/mol. The molecule has 2 aliphatic carbocycles. The molecule has 0 bridgehead atoms. The van der Waals surface area contributed by atoms with E-state index in [0.717, 1.165) is 80.6 Å². The monoisotopic (exact) mass is 906 g/mol. The molecule has 15 heteroatoms. The molecule has 5 aliphatic rings. The molecule has 2 saturated heterocycles.